The zero-order valence-electron chi connectivity index (χ0n) is 8.65. The van der Waals surface area contributed by atoms with Crippen LogP contribution in [0.15, 0.2) is 35.4 Å². The number of hydrogen-bond donors (Lipinski definition) is 1. The minimum absolute atomic E-state index is 0.657. The maximum atomic E-state index is 10.9. The number of carboxylic acids is 1. The SMILES string of the molecule is CO[C@@H](c1ccccc1)[C@@H](N=[N+]=[N-])C(=O)O. The Morgan fingerprint density at radius 1 is 1.50 bits per heavy atom. The van der Waals surface area contributed by atoms with Gasteiger partial charge in [0.1, 0.15) is 6.10 Å². The van der Waals surface area contributed by atoms with E-state index in [-0.39, 0.29) is 0 Å². The molecule has 1 aromatic rings. The zero-order chi connectivity index (χ0) is 12.0. The van der Waals surface area contributed by atoms with Crippen molar-refractivity contribution in [2.45, 2.75) is 12.1 Å². The van der Waals surface area contributed by atoms with Gasteiger partial charge < -0.3 is 9.84 Å². The Bertz CT molecular complexity index is 399. The zero-order valence-corrected chi connectivity index (χ0v) is 8.65. The topological polar surface area (TPSA) is 95.3 Å². The van der Waals surface area contributed by atoms with E-state index in [2.05, 4.69) is 10.0 Å². The van der Waals surface area contributed by atoms with E-state index in [9.17, 15) is 4.79 Å². The molecule has 0 fully saturated rings. The molecule has 2 atom stereocenters. The van der Waals surface area contributed by atoms with Gasteiger partial charge in [0.25, 0.3) is 0 Å². The summed E-state index contributed by atoms with van der Waals surface area (Å²) in [6, 6.07) is 7.50. The van der Waals surface area contributed by atoms with Crippen LogP contribution >= 0.6 is 0 Å². The predicted octanol–water partition coefficient (Wildman–Crippen LogP) is 2.14. The van der Waals surface area contributed by atoms with Crippen LogP contribution in [0.3, 0.4) is 0 Å². The molecule has 0 aliphatic heterocycles. The first kappa shape index (κ1) is 12.0. The van der Waals surface area contributed by atoms with Gasteiger partial charge in [-0.25, -0.2) is 0 Å². The van der Waals surface area contributed by atoms with Gasteiger partial charge >= 0.3 is 5.97 Å². The lowest BCUT2D eigenvalue weighted by molar-refractivity contribution is -0.142. The van der Waals surface area contributed by atoms with E-state index in [0.717, 1.165) is 0 Å². The summed E-state index contributed by atoms with van der Waals surface area (Å²) in [7, 11) is 1.38. The van der Waals surface area contributed by atoms with E-state index in [1.54, 1.807) is 30.3 Å². The van der Waals surface area contributed by atoms with Crippen molar-refractivity contribution in [3.8, 4) is 0 Å². The molecule has 0 aromatic heterocycles. The van der Waals surface area contributed by atoms with Crippen LogP contribution in [-0.2, 0) is 9.53 Å². The van der Waals surface area contributed by atoms with Crippen LogP contribution in [0.4, 0.5) is 0 Å². The highest BCUT2D eigenvalue weighted by Gasteiger charge is 2.28. The number of rotatable bonds is 5. The lowest BCUT2D eigenvalue weighted by atomic mass is 10.0. The molecule has 1 N–H and O–H groups in total. The van der Waals surface area contributed by atoms with Crippen LogP contribution in [0.1, 0.15) is 11.7 Å². The first-order valence-electron chi connectivity index (χ1n) is 4.55. The first-order valence-corrected chi connectivity index (χ1v) is 4.55. The normalized spacial score (nSPS) is 13.6. The summed E-state index contributed by atoms with van der Waals surface area (Å²) in [5.41, 5.74) is 8.97. The second-order valence-electron chi connectivity index (χ2n) is 3.05. The number of ether oxygens (including phenoxy) is 1. The molecule has 1 rings (SSSR count). The minimum atomic E-state index is -1.27. The van der Waals surface area contributed by atoms with Crippen LogP contribution in [0.5, 0.6) is 0 Å². The fourth-order valence-electron chi connectivity index (χ4n) is 1.39. The molecular formula is C10H11N3O3. The summed E-state index contributed by atoms with van der Waals surface area (Å²) in [6.45, 7) is 0. The number of carbonyl (C=O) groups is 1. The molecule has 16 heavy (non-hydrogen) atoms. The van der Waals surface area contributed by atoms with Gasteiger partial charge in [-0.1, -0.05) is 35.4 Å². The third kappa shape index (κ3) is 2.73. The van der Waals surface area contributed by atoms with Gasteiger partial charge in [0.2, 0.25) is 0 Å². The third-order valence-electron chi connectivity index (χ3n) is 2.10. The van der Waals surface area contributed by atoms with Crippen molar-refractivity contribution in [2.75, 3.05) is 7.11 Å². The Hall–Kier alpha value is -2.04. The highest BCUT2D eigenvalue weighted by molar-refractivity contribution is 5.74. The van der Waals surface area contributed by atoms with Crippen LogP contribution in [0.2, 0.25) is 0 Å². The largest absolute Gasteiger partial charge is 0.481 e. The van der Waals surface area contributed by atoms with Crippen LogP contribution < -0.4 is 0 Å². The van der Waals surface area contributed by atoms with Crippen LogP contribution in [-0.4, -0.2) is 24.2 Å². The monoisotopic (exact) mass is 221 g/mol. The van der Waals surface area contributed by atoms with E-state index < -0.39 is 18.1 Å². The fraction of sp³-hybridized carbons (Fsp3) is 0.300. The molecule has 6 nitrogen and oxygen atoms in total. The van der Waals surface area contributed by atoms with Gasteiger partial charge in [-0.15, -0.1) is 0 Å². The molecule has 0 aliphatic carbocycles. The average Bonchev–Trinajstić information content (AvgIpc) is 2.30. The van der Waals surface area contributed by atoms with E-state index in [1.807, 2.05) is 0 Å². The first-order chi connectivity index (χ1) is 7.70. The summed E-state index contributed by atoms with van der Waals surface area (Å²) in [5.74, 6) is -1.21. The Morgan fingerprint density at radius 2 is 2.12 bits per heavy atom. The second kappa shape index (κ2) is 5.75. The molecule has 84 valence electrons. The van der Waals surface area contributed by atoms with Crippen molar-refractivity contribution < 1.29 is 14.6 Å². The highest BCUT2D eigenvalue weighted by Crippen LogP contribution is 2.23. The van der Waals surface area contributed by atoms with Crippen molar-refractivity contribution in [2.24, 2.45) is 5.11 Å². The molecule has 0 aliphatic rings. The number of hydrogen-bond acceptors (Lipinski definition) is 3. The molecule has 6 heteroatoms. The van der Waals surface area contributed by atoms with Crippen molar-refractivity contribution in [1.82, 2.24) is 0 Å². The summed E-state index contributed by atoms with van der Waals surface area (Å²) in [4.78, 5) is 13.4. The van der Waals surface area contributed by atoms with Crippen molar-refractivity contribution in [3.63, 3.8) is 0 Å². The van der Waals surface area contributed by atoms with E-state index in [4.69, 9.17) is 15.4 Å². The standard InChI is InChI=1S/C10H11N3O3/c1-16-9(7-5-3-2-4-6-7)8(10(14)15)12-13-11/h2-6,8-9H,1H3,(H,14,15)/t8-,9+/m1/s1. The average molecular weight is 221 g/mol. The molecule has 0 heterocycles. The third-order valence-corrected chi connectivity index (χ3v) is 2.10. The molecule has 0 saturated carbocycles. The lowest BCUT2D eigenvalue weighted by Gasteiger charge is -2.19. The number of azide groups is 1. The van der Waals surface area contributed by atoms with E-state index in [1.165, 1.54) is 7.11 Å². The Balaban J connectivity index is 3.05. The number of carboxylic acid groups (broad SMARTS) is 1. The maximum Gasteiger partial charge on any atom is 0.315 e. The van der Waals surface area contributed by atoms with Gasteiger partial charge in [-0.2, -0.15) is 0 Å². The number of nitrogens with zero attached hydrogens (tertiary/aromatic N) is 3. The van der Waals surface area contributed by atoms with Gasteiger partial charge in [0.05, 0.1) is 0 Å². The molecule has 1 aromatic carbocycles. The minimum Gasteiger partial charge on any atom is -0.481 e. The van der Waals surface area contributed by atoms with Crippen LogP contribution in [0.25, 0.3) is 10.4 Å². The van der Waals surface area contributed by atoms with Gasteiger partial charge in [0, 0.05) is 12.0 Å². The van der Waals surface area contributed by atoms with Crippen molar-refractivity contribution in [1.29, 1.82) is 0 Å². The summed E-state index contributed by atoms with van der Waals surface area (Å²) < 4.78 is 5.07. The quantitative estimate of drug-likeness (QED) is 0.468. The Morgan fingerprint density at radius 3 is 2.56 bits per heavy atom. The number of methoxy groups -OCH3 is 1. The molecule has 0 unspecified atom stereocenters. The number of benzene rings is 1. The summed E-state index contributed by atoms with van der Waals surface area (Å²) >= 11 is 0. The van der Waals surface area contributed by atoms with E-state index >= 15 is 0 Å². The van der Waals surface area contributed by atoms with Gasteiger partial charge in [-0.05, 0) is 11.1 Å². The van der Waals surface area contributed by atoms with Crippen molar-refractivity contribution >= 4 is 5.97 Å². The molecule has 0 bridgehead atoms. The Labute approximate surface area is 92.1 Å². The molecule has 0 saturated heterocycles. The van der Waals surface area contributed by atoms with E-state index in [0.29, 0.717) is 5.56 Å². The number of aliphatic carboxylic acids is 1. The second-order valence-corrected chi connectivity index (χ2v) is 3.05. The molecule has 0 radical (unpaired) electrons. The maximum absolute atomic E-state index is 10.9. The summed E-state index contributed by atoms with van der Waals surface area (Å²) in [6.07, 6.45) is -0.783. The smallest absolute Gasteiger partial charge is 0.315 e. The fourth-order valence-corrected chi connectivity index (χ4v) is 1.39. The predicted molar refractivity (Wildman–Crippen MR) is 56.8 cm³/mol. The molecular weight excluding hydrogens is 210 g/mol. The van der Waals surface area contributed by atoms with Crippen molar-refractivity contribution in [3.05, 3.63) is 46.3 Å². The lowest BCUT2D eigenvalue weighted by Crippen LogP contribution is -2.26. The molecule has 0 amide bonds. The van der Waals surface area contributed by atoms with Gasteiger partial charge in [-0.3, -0.25) is 4.79 Å². The molecule has 0 spiro atoms. The van der Waals surface area contributed by atoms with Crippen LogP contribution in [0, 0.1) is 0 Å². The summed E-state index contributed by atoms with van der Waals surface area (Å²) in [5, 5.41) is 12.1. The Kier molecular flexibility index (Phi) is 4.32. The van der Waals surface area contributed by atoms with Gasteiger partial charge in [0.15, 0.2) is 6.04 Å². The highest BCUT2D eigenvalue weighted by atomic mass is 16.5.